The third-order valence-electron chi connectivity index (χ3n) is 1.95. The fourth-order valence-corrected chi connectivity index (χ4v) is 7.81. The summed E-state index contributed by atoms with van der Waals surface area (Å²) in [6, 6.07) is 0. The van der Waals surface area contributed by atoms with E-state index >= 15 is 0 Å². The second-order valence-corrected chi connectivity index (χ2v) is 11.8. The predicted octanol–water partition coefficient (Wildman–Crippen LogP) is 5.20. The molecule has 0 aromatic carbocycles. The van der Waals surface area contributed by atoms with Crippen LogP contribution in [0.25, 0.3) is 0 Å². The molecule has 0 spiro atoms. The molecule has 0 amide bonds. The first-order valence-corrected chi connectivity index (χ1v) is 13.8. The summed E-state index contributed by atoms with van der Waals surface area (Å²) in [5, 5.41) is 0. The summed E-state index contributed by atoms with van der Waals surface area (Å²) in [5.41, 5.74) is 0. The molecular weight excluding hydrogens is 402 g/mol. The van der Waals surface area contributed by atoms with Crippen LogP contribution in [0.15, 0.2) is 20.0 Å². The van der Waals surface area contributed by atoms with Gasteiger partial charge in [0.25, 0.3) is 0 Å². The van der Waals surface area contributed by atoms with Crippen molar-refractivity contribution in [2.24, 2.45) is 0 Å². The van der Waals surface area contributed by atoms with E-state index in [1.54, 1.807) is 0 Å². The van der Waals surface area contributed by atoms with Crippen LogP contribution in [-0.2, 0) is 4.74 Å². The minimum absolute atomic E-state index is 0.282. The zero-order valence-electron chi connectivity index (χ0n) is 8.64. The molecule has 0 saturated carbocycles. The van der Waals surface area contributed by atoms with Crippen molar-refractivity contribution in [3.63, 3.8) is 0 Å². The Morgan fingerprint density at radius 3 is 2.79 bits per heavy atom. The standard InChI is InChI=1S/C11H18I2O/c1-2-3-4-5-6-10-14-11-8-7-9-12-13-11/h7-9H,2-6,10H2,1H3. The van der Waals surface area contributed by atoms with Gasteiger partial charge in [-0.15, -0.1) is 0 Å². The molecule has 3 heteroatoms. The second-order valence-electron chi connectivity index (χ2n) is 3.21. The topological polar surface area (TPSA) is 9.23 Å². The first-order valence-electron chi connectivity index (χ1n) is 5.21. The van der Waals surface area contributed by atoms with Crippen LogP contribution in [0.2, 0.25) is 0 Å². The van der Waals surface area contributed by atoms with Crippen LogP contribution in [0, 0.1) is 0 Å². The van der Waals surface area contributed by atoms with Crippen molar-refractivity contribution >= 4 is 33.2 Å². The van der Waals surface area contributed by atoms with Crippen LogP contribution >= 0.6 is 33.2 Å². The maximum atomic E-state index is 5.75. The molecule has 1 nitrogen and oxygen atoms in total. The molecule has 0 N–H and O–H groups in total. The van der Waals surface area contributed by atoms with E-state index in [0.29, 0.717) is 16.6 Å². The van der Waals surface area contributed by atoms with E-state index in [1.807, 2.05) is 0 Å². The summed E-state index contributed by atoms with van der Waals surface area (Å²) in [6.45, 7) is 3.20. The Bertz CT molecular complexity index is 231. The van der Waals surface area contributed by atoms with Crippen LogP contribution in [0.4, 0.5) is 0 Å². The Hall–Kier alpha value is 0.740. The lowest BCUT2D eigenvalue weighted by Crippen LogP contribution is -1.91. The highest BCUT2D eigenvalue weighted by molar-refractivity contribution is 14.8. The zero-order chi connectivity index (χ0) is 10.1. The zero-order valence-corrected chi connectivity index (χ0v) is 13.0. The lowest BCUT2D eigenvalue weighted by atomic mass is 10.2. The van der Waals surface area contributed by atoms with Crippen molar-refractivity contribution in [1.29, 1.82) is 0 Å². The number of hydrogen-bond donors (Lipinski definition) is 0. The van der Waals surface area contributed by atoms with E-state index in [1.165, 1.54) is 35.9 Å². The van der Waals surface area contributed by atoms with Gasteiger partial charge in [0.2, 0.25) is 0 Å². The molecule has 0 atom stereocenters. The average molecular weight is 420 g/mol. The van der Waals surface area contributed by atoms with Gasteiger partial charge in [-0.2, -0.15) is 0 Å². The van der Waals surface area contributed by atoms with Crippen LogP contribution < -0.4 is 0 Å². The first-order chi connectivity index (χ1) is 6.93. The Morgan fingerprint density at radius 1 is 1.21 bits per heavy atom. The maximum Gasteiger partial charge on any atom is 0.156 e. The molecule has 1 rings (SSSR count). The maximum absolute atomic E-state index is 5.75. The first kappa shape index (κ1) is 12.8. The van der Waals surface area contributed by atoms with Gasteiger partial charge in [-0.05, 0) is 49.8 Å². The van der Waals surface area contributed by atoms with Crippen LogP contribution in [0.3, 0.4) is 0 Å². The molecule has 1 aliphatic heterocycles. The lowest BCUT2D eigenvalue weighted by molar-refractivity contribution is 0.235. The van der Waals surface area contributed by atoms with Crippen molar-refractivity contribution in [3.05, 3.63) is 20.0 Å². The summed E-state index contributed by atoms with van der Waals surface area (Å²) in [4.78, 5) is 0. The molecule has 14 heavy (non-hydrogen) atoms. The summed E-state index contributed by atoms with van der Waals surface area (Å²) in [6.07, 6.45) is 11.0. The average Bonchev–Trinajstić information content (AvgIpc) is 2.25. The summed E-state index contributed by atoms with van der Waals surface area (Å²) in [5.74, 6) is 0. The molecule has 0 fully saturated rings. The van der Waals surface area contributed by atoms with Gasteiger partial charge < -0.3 is 4.74 Å². The van der Waals surface area contributed by atoms with Gasteiger partial charge in [0.15, 0.2) is 3.77 Å². The molecule has 0 bridgehead atoms. The fraction of sp³-hybridized carbons (Fsp3) is 0.636. The van der Waals surface area contributed by atoms with E-state index < -0.39 is 0 Å². The quantitative estimate of drug-likeness (QED) is 0.407. The Labute approximate surface area is 103 Å². The van der Waals surface area contributed by atoms with Gasteiger partial charge in [-0.25, -0.2) is 0 Å². The smallest absolute Gasteiger partial charge is 0.156 e. The molecule has 0 radical (unpaired) electrons. The highest BCUT2D eigenvalue weighted by Crippen LogP contribution is 2.32. The Kier molecular flexibility index (Phi) is 8.24. The molecule has 82 valence electrons. The normalized spacial score (nSPS) is 15.4. The SMILES string of the molecule is CCCCCCCOC1=CC=CI=I1. The Balaban J connectivity index is 1.96. The second kappa shape index (κ2) is 9.00. The molecule has 0 aliphatic carbocycles. The fourth-order valence-electron chi connectivity index (χ4n) is 1.17. The third kappa shape index (κ3) is 6.27. The summed E-state index contributed by atoms with van der Waals surface area (Å²) >= 11 is 0.660. The minimum atomic E-state index is 0.282. The van der Waals surface area contributed by atoms with E-state index in [0.717, 1.165) is 6.61 Å². The number of hydrogen-bond acceptors (Lipinski definition) is 1. The van der Waals surface area contributed by atoms with Gasteiger partial charge in [0.1, 0.15) is 0 Å². The number of rotatable bonds is 7. The molecular formula is C11H18I2O. The third-order valence-corrected chi connectivity index (χ3v) is 10.0. The molecule has 1 aliphatic rings. The van der Waals surface area contributed by atoms with Crippen molar-refractivity contribution in [2.75, 3.05) is 6.61 Å². The highest BCUT2D eigenvalue weighted by atomic mass is 128. The van der Waals surface area contributed by atoms with E-state index in [-0.39, 0.29) is 16.6 Å². The largest absolute Gasteiger partial charge is 0.488 e. The van der Waals surface area contributed by atoms with Gasteiger partial charge in [0.05, 0.1) is 6.61 Å². The van der Waals surface area contributed by atoms with E-state index in [9.17, 15) is 0 Å². The van der Waals surface area contributed by atoms with Crippen molar-refractivity contribution in [3.8, 4) is 0 Å². The molecule has 0 saturated heterocycles. The summed E-state index contributed by atoms with van der Waals surface area (Å²) in [7, 11) is 0. The van der Waals surface area contributed by atoms with Gasteiger partial charge in [-0.3, -0.25) is 0 Å². The number of halogens is 2. The molecule has 1 heterocycles. The number of ether oxygens (including phenoxy) is 1. The number of allylic oxidation sites excluding steroid dienone is 2. The molecule has 0 aromatic heterocycles. The molecule has 0 aromatic rings. The van der Waals surface area contributed by atoms with Crippen LogP contribution in [-0.4, -0.2) is 6.61 Å². The highest BCUT2D eigenvalue weighted by Gasteiger charge is 1.95. The van der Waals surface area contributed by atoms with Crippen molar-refractivity contribution < 1.29 is 4.74 Å². The van der Waals surface area contributed by atoms with E-state index in [4.69, 9.17) is 4.74 Å². The monoisotopic (exact) mass is 420 g/mol. The van der Waals surface area contributed by atoms with Gasteiger partial charge in [-0.1, -0.05) is 38.7 Å². The van der Waals surface area contributed by atoms with Crippen molar-refractivity contribution in [2.45, 2.75) is 39.0 Å². The van der Waals surface area contributed by atoms with Crippen LogP contribution in [0.5, 0.6) is 0 Å². The lowest BCUT2D eigenvalue weighted by Gasteiger charge is -2.06. The number of unbranched alkanes of at least 4 members (excludes halogenated alkanes) is 4. The van der Waals surface area contributed by atoms with Crippen LogP contribution in [0.1, 0.15) is 39.0 Å². The Morgan fingerprint density at radius 2 is 2.07 bits per heavy atom. The van der Waals surface area contributed by atoms with E-state index in [2.05, 4.69) is 23.2 Å². The molecule has 0 unspecified atom stereocenters. The summed E-state index contributed by atoms with van der Waals surface area (Å²) < 4.78 is 9.43. The predicted molar refractivity (Wildman–Crippen MR) is 80.0 cm³/mol. The minimum Gasteiger partial charge on any atom is -0.488 e. The van der Waals surface area contributed by atoms with Crippen molar-refractivity contribution in [1.82, 2.24) is 0 Å². The van der Waals surface area contributed by atoms with Gasteiger partial charge in [0, 0.05) is 0 Å². The van der Waals surface area contributed by atoms with Gasteiger partial charge >= 0.3 is 0 Å².